The molecule has 2 amide bonds. The molecule has 0 saturated heterocycles. The number of hydrogen-bond donors (Lipinski definition) is 2. The molecule has 2 N–H and O–H groups in total. The maximum atomic E-state index is 12.1. The maximum Gasteiger partial charge on any atom is 0.228 e. The fourth-order valence-electron chi connectivity index (χ4n) is 2.51. The van der Waals surface area contributed by atoms with Gasteiger partial charge >= 0.3 is 0 Å². The van der Waals surface area contributed by atoms with E-state index >= 15 is 0 Å². The van der Waals surface area contributed by atoms with Gasteiger partial charge in [-0.1, -0.05) is 24.3 Å². The number of carbonyl (C=O) groups is 2. The van der Waals surface area contributed by atoms with E-state index in [-0.39, 0.29) is 11.8 Å². The van der Waals surface area contributed by atoms with E-state index in [0.29, 0.717) is 12.8 Å². The topological polar surface area (TPSA) is 58.2 Å². The third-order valence-corrected chi connectivity index (χ3v) is 3.46. The Morgan fingerprint density at radius 3 is 2.90 bits per heavy atom. The lowest BCUT2D eigenvalue weighted by atomic mass is 10.1. The second-order valence-electron chi connectivity index (χ2n) is 5.31. The lowest BCUT2D eigenvalue weighted by molar-refractivity contribution is -0.116. The summed E-state index contributed by atoms with van der Waals surface area (Å²) in [5.41, 5.74) is 4.63. The molecule has 0 unspecified atom stereocenters. The Labute approximate surface area is 123 Å². The van der Waals surface area contributed by atoms with Crippen molar-refractivity contribution in [3.8, 4) is 0 Å². The van der Waals surface area contributed by atoms with Gasteiger partial charge in [0.15, 0.2) is 0 Å². The van der Waals surface area contributed by atoms with Crippen molar-refractivity contribution in [2.24, 2.45) is 0 Å². The number of aryl methyl sites for hydroxylation is 1. The molecule has 0 spiro atoms. The number of anilines is 2. The Kier molecular flexibility index (Phi) is 3.44. The largest absolute Gasteiger partial charge is 0.326 e. The van der Waals surface area contributed by atoms with Gasteiger partial charge in [0.25, 0.3) is 0 Å². The molecule has 0 fully saturated rings. The van der Waals surface area contributed by atoms with Crippen LogP contribution >= 0.6 is 0 Å². The van der Waals surface area contributed by atoms with E-state index < -0.39 is 0 Å². The molecular weight excluding hydrogens is 264 g/mol. The summed E-state index contributed by atoms with van der Waals surface area (Å²) in [4.78, 5) is 23.4. The highest BCUT2D eigenvalue weighted by molar-refractivity contribution is 5.99. The molecule has 21 heavy (non-hydrogen) atoms. The minimum Gasteiger partial charge on any atom is -0.326 e. The molecular formula is C17H16N2O2. The number of benzene rings is 2. The van der Waals surface area contributed by atoms with Gasteiger partial charge in [0.2, 0.25) is 11.8 Å². The molecule has 2 aromatic rings. The SMILES string of the molecule is Cc1cccc(NC(=O)Cc2ccc3c(c2)CC(=O)N3)c1. The monoisotopic (exact) mass is 280 g/mol. The Morgan fingerprint density at radius 2 is 2.10 bits per heavy atom. The Bertz CT molecular complexity index is 722. The lowest BCUT2D eigenvalue weighted by Gasteiger charge is -2.07. The van der Waals surface area contributed by atoms with E-state index in [1.54, 1.807) is 0 Å². The van der Waals surface area contributed by atoms with E-state index in [1.165, 1.54) is 0 Å². The lowest BCUT2D eigenvalue weighted by Crippen LogP contribution is -2.14. The highest BCUT2D eigenvalue weighted by atomic mass is 16.2. The molecule has 1 aliphatic rings. The summed E-state index contributed by atoms with van der Waals surface area (Å²) in [6, 6.07) is 13.4. The van der Waals surface area contributed by atoms with Crippen molar-refractivity contribution in [3.63, 3.8) is 0 Å². The van der Waals surface area contributed by atoms with Gasteiger partial charge in [0.05, 0.1) is 12.8 Å². The fraction of sp³-hybridized carbons (Fsp3) is 0.176. The molecule has 0 aromatic heterocycles. The molecule has 4 nitrogen and oxygen atoms in total. The minimum absolute atomic E-state index is 0.00589. The van der Waals surface area contributed by atoms with Crippen LogP contribution in [0.25, 0.3) is 0 Å². The van der Waals surface area contributed by atoms with Crippen molar-refractivity contribution >= 4 is 23.2 Å². The molecule has 0 radical (unpaired) electrons. The van der Waals surface area contributed by atoms with E-state index in [0.717, 1.165) is 28.1 Å². The van der Waals surface area contributed by atoms with Crippen LogP contribution in [0.5, 0.6) is 0 Å². The van der Waals surface area contributed by atoms with Crippen LogP contribution in [0.15, 0.2) is 42.5 Å². The van der Waals surface area contributed by atoms with Gasteiger partial charge in [0.1, 0.15) is 0 Å². The number of fused-ring (bicyclic) bond motifs is 1. The van der Waals surface area contributed by atoms with Crippen molar-refractivity contribution in [1.82, 2.24) is 0 Å². The summed E-state index contributed by atoms with van der Waals surface area (Å²) in [6.45, 7) is 1.99. The summed E-state index contributed by atoms with van der Waals surface area (Å²) in [5, 5.41) is 5.67. The molecule has 2 aromatic carbocycles. The molecule has 4 heteroatoms. The average Bonchev–Trinajstić information content (AvgIpc) is 2.78. The smallest absolute Gasteiger partial charge is 0.228 e. The summed E-state index contributed by atoms with van der Waals surface area (Å²) in [6.07, 6.45) is 0.693. The second kappa shape index (κ2) is 5.40. The molecule has 0 atom stereocenters. The van der Waals surface area contributed by atoms with Gasteiger partial charge in [-0.25, -0.2) is 0 Å². The quantitative estimate of drug-likeness (QED) is 0.908. The van der Waals surface area contributed by atoms with Crippen LogP contribution in [0, 0.1) is 6.92 Å². The van der Waals surface area contributed by atoms with Crippen LogP contribution in [-0.2, 0) is 22.4 Å². The van der Waals surface area contributed by atoms with Gasteiger partial charge in [-0.15, -0.1) is 0 Å². The Balaban J connectivity index is 1.68. The van der Waals surface area contributed by atoms with Crippen LogP contribution in [-0.4, -0.2) is 11.8 Å². The zero-order valence-electron chi connectivity index (χ0n) is 11.8. The summed E-state index contributed by atoms with van der Waals surface area (Å²) in [7, 11) is 0. The molecule has 1 heterocycles. The van der Waals surface area contributed by atoms with Crippen LogP contribution in [0.1, 0.15) is 16.7 Å². The van der Waals surface area contributed by atoms with Gasteiger partial charge in [-0.2, -0.15) is 0 Å². The van der Waals surface area contributed by atoms with Crippen LogP contribution in [0.4, 0.5) is 11.4 Å². The van der Waals surface area contributed by atoms with E-state index in [9.17, 15) is 9.59 Å². The fourth-order valence-corrected chi connectivity index (χ4v) is 2.51. The first-order chi connectivity index (χ1) is 10.1. The highest BCUT2D eigenvalue weighted by Crippen LogP contribution is 2.24. The van der Waals surface area contributed by atoms with E-state index in [4.69, 9.17) is 0 Å². The highest BCUT2D eigenvalue weighted by Gasteiger charge is 2.17. The maximum absolute atomic E-state index is 12.1. The number of nitrogens with one attached hydrogen (secondary N) is 2. The van der Waals surface area contributed by atoms with Crippen molar-refractivity contribution in [3.05, 3.63) is 59.2 Å². The van der Waals surface area contributed by atoms with Crippen LogP contribution in [0.2, 0.25) is 0 Å². The molecule has 1 aliphatic heterocycles. The first-order valence-corrected chi connectivity index (χ1v) is 6.88. The van der Waals surface area contributed by atoms with Crippen molar-refractivity contribution in [2.45, 2.75) is 19.8 Å². The molecule has 0 saturated carbocycles. The zero-order chi connectivity index (χ0) is 14.8. The predicted molar refractivity (Wildman–Crippen MR) is 82.3 cm³/mol. The third kappa shape index (κ3) is 3.11. The number of carbonyl (C=O) groups excluding carboxylic acids is 2. The van der Waals surface area contributed by atoms with Gasteiger partial charge < -0.3 is 10.6 Å². The summed E-state index contributed by atoms with van der Waals surface area (Å²) in [5.74, 6) is -0.0517. The van der Waals surface area contributed by atoms with Gasteiger partial charge in [0, 0.05) is 11.4 Å². The normalized spacial score (nSPS) is 12.7. The Hall–Kier alpha value is -2.62. The van der Waals surface area contributed by atoms with E-state index in [2.05, 4.69) is 10.6 Å². The second-order valence-corrected chi connectivity index (χ2v) is 5.31. The average molecular weight is 280 g/mol. The summed E-state index contributed by atoms with van der Waals surface area (Å²) >= 11 is 0. The zero-order valence-corrected chi connectivity index (χ0v) is 11.8. The molecule has 0 bridgehead atoms. The van der Waals surface area contributed by atoms with Crippen molar-refractivity contribution in [2.75, 3.05) is 10.6 Å². The molecule has 3 rings (SSSR count). The van der Waals surface area contributed by atoms with E-state index in [1.807, 2.05) is 49.4 Å². The Morgan fingerprint density at radius 1 is 1.24 bits per heavy atom. The van der Waals surface area contributed by atoms with Crippen LogP contribution < -0.4 is 10.6 Å². The number of rotatable bonds is 3. The van der Waals surface area contributed by atoms with Crippen molar-refractivity contribution < 1.29 is 9.59 Å². The first kappa shape index (κ1) is 13.4. The molecule has 0 aliphatic carbocycles. The predicted octanol–water partition coefficient (Wildman–Crippen LogP) is 2.67. The summed E-state index contributed by atoms with van der Waals surface area (Å²) < 4.78 is 0. The van der Waals surface area contributed by atoms with Gasteiger partial charge in [-0.05, 0) is 41.8 Å². The minimum atomic E-state index is -0.0576. The first-order valence-electron chi connectivity index (χ1n) is 6.88. The van der Waals surface area contributed by atoms with Crippen LogP contribution in [0.3, 0.4) is 0 Å². The third-order valence-electron chi connectivity index (χ3n) is 3.46. The number of amides is 2. The molecule has 106 valence electrons. The number of hydrogen-bond acceptors (Lipinski definition) is 2. The van der Waals surface area contributed by atoms with Gasteiger partial charge in [-0.3, -0.25) is 9.59 Å². The van der Waals surface area contributed by atoms with Crippen molar-refractivity contribution in [1.29, 1.82) is 0 Å². The standard InChI is InChI=1S/C17H16N2O2/c1-11-3-2-4-14(7-11)18-16(20)9-12-5-6-15-13(8-12)10-17(21)19-15/h2-8H,9-10H2,1H3,(H,18,20)(H,19,21).